The summed E-state index contributed by atoms with van der Waals surface area (Å²) >= 11 is 5.80. The molecule has 1 atom stereocenters. The van der Waals surface area contributed by atoms with Crippen LogP contribution in [0.4, 0.5) is 5.69 Å². The molecule has 2 heterocycles. The number of furan rings is 1. The number of halogens is 1. The van der Waals surface area contributed by atoms with Crippen LogP contribution in [0, 0.1) is 6.92 Å². The predicted molar refractivity (Wildman–Crippen MR) is 64.7 cm³/mol. The third-order valence-electron chi connectivity index (χ3n) is 2.30. The van der Waals surface area contributed by atoms with Crippen LogP contribution in [0.25, 0.3) is 0 Å². The van der Waals surface area contributed by atoms with Crippen molar-refractivity contribution in [2.75, 3.05) is 5.32 Å². The molecule has 0 fully saturated rings. The second-order valence-electron chi connectivity index (χ2n) is 3.68. The highest BCUT2D eigenvalue weighted by Gasteiger charge is 2.09. The Morgan fingerprint density at radius 2 is 2.19 bits per heavy atom. The van der Waals surface area contributed by atoms with Gasteiger partial charge in [-0.25, -0.2) is 4.98 Å². The number of aryl methyl sites for hydroxylation is 1. The number of nitrogens with one attached hydrogen (secondary N) is 1. The molecule has 0 aromatic carbocycles. The zero-order valence-corrected chi connectivity index (χ0v) is 9.95. The summed E-state index contributed by atoms with van der Waals surface area (Å²) in [6.07, 6.45) is 1.67. The average Bonchev–Trinajstić information content (AvgIpc) is 2.65. The van der Waals surface area contributed by atoms with E-state index in [1.807, 2.05) is 32.0 Å². The monoisotopic (exact) mass is 236 g/mol. The van der Waals surface area contributed by atoms with E-state index in [0.29, 0.717) is 5.15 Å². The van der Waals surface area contributed by atoms with Crippen LogP contribution in [0.3, 0.4) is 0 Å². The first-order valence-electron chi connectivity index (χ1n) is 5.09. The molecule has 3 nitrogen and oxygen atoms in total. The summed E-state index contributed by atoms with van der Waals surface area (Å²) in [5, 5.41) is 3.77. The lowest BCUT2D eigenvalue weighted by atomic mass is 10.2. The quantitative estimate of drug-likeness (QED) is 0.824. The second kappa shape index (κ2) is 4.58. The Morgan fingerprint density at radius 1 is 1.38 bits per heavy atom. The van der Waals surface area contributed by atoms with Gasteiger partial charge in [0, 0.05) is 11.9 Å². The molecule has 2 aromatic rings. The molecule has 0 radical (unpaired) electrons. The van der Waals surface area contributed by atoms with E-state index in [4.69, 9.17) is 16.0 Å². The molecule has 0 amide bonds. The van der Waals surface area contributed by atoms with Crippen molar-refractivity contribution in [2.24, 2.45) is 0 Å². The average molecular weight is 237 g/mol. The Morgan fingerprint density at radius 3 is 2.81 bits per heavy atom. The first-order valence-corrected chi connectivity index (χ1v) is 5.47. The standard InChI is InChI=1S/C12H13ClN2O/c1-8-3-4-11(16-8)9(2)15-10-5-6-14-12(13)7-10/h3-7,9H,1-2H3,(H,14,15). The molecule has 4 heteroatoms. The van der Waals surface area contributed by atoms with Gasteiger partial charge >= 0.3 is 0 Å². The van der Waals surface area contributed by atoms with Crippen molar-refractivity contribution < 1.29 is 4.42 Å². The van der Waals surface area contributed by atoms with Crippen molar-refractivity contribution in [3.63, 3.8) is 0 Å². The van der Waals surface area contributed by atoms with Crippen LogP contribution < -0.4 is 5.32 Å². The number of hydrogen-bond donors (Lipinski definition) is 1. The molecule has 1 N–H and O–H groups in total. The predicted octanol–water partition coefficient (Wildman–Crippen LogP) is 3.81. The largest absolute Gasteiger partial charge is 0.464 e. The van der Waals surface area contributed by atoms with Gasteiger partial charge in [-0.3, -0.25) is 0 Å². The molecule has 0 saturated heterocycles. The summed E-state index contributed by atoms with van der Waals surface area (Å²) in [5.41, 5.74) is 0.932. The van der Waals surface area contributed by atoms with Gasteiger partial charge < -0.3 is 9.73 Å². The van der Waals surface area contributed by atoms with E-state index in [2.05, 4.69) is 10.3 Å². The first kappa shape index (κ1) is 11.0. The van der Waals surface area contributed by atoms with E-state index in [9.17, 15) is 0 Å². The van der Waals surface area contributed by atoms with Gasteiger partial charge in [-0.15, -0.1) is 0 Å². The third-order valence-corrected chi connectivity index (χ3v) is 2.50. The minimum atomic E-state index is 0.104. The summed E-state index contributed by atoms with van der Waals surface area (Å²) in [4.78, 5) is 3.93. The highest BCUT2D eigenvalue weighted by Crippen LogP contribution is 2.21. The molecule has 2 aromatic heterocycles. The highest BCUT2D eigenvalue weighted by molar-refractivity contribution is 6.29. The van der Waals surface area contributed by atoms with Crippen molar-refractivity contribution >= 4 is 17.3 Å². The molecule has 16 heavy (non-hydrogen) atoms. The van der Waals surface area contributed by atoms with Gasteiger partial charge in [0.1, 0.15) is 16.7 Å². The second-order valence-corrected chi connectivity index (χ2v) is 4.07. The zero-order chi connectivity index (χ0) is 11.5. The van der Waals surface area contributed by atoms with Crippen LogP contribution in [-0.4, -0.2) is 4.98 Å². The van der Waals surface area contributed by atoms with Crippen molar-refractivity contribution in [3.05, 3.63) is 47.1 Å². The van der Waals surface area contributed by atoms with Crippen LogP contribution in [0.1, 0.15) is 24.5 Å². The van der Waals surface area contributed by atoms with E-state index < -0.39 is 0 Å². The zero-order valence-electron chi connectivity index (χ0n) is 9.20. The minimum Gasteiger partial charge on any atom is -0.464 e. The van der Waals surface area contributed by atoms with E-state index in [1.54, 1.807) is 12.3 Å². The maximum absolute atomic E-state index is 5.80. The van der Waals surface area contributed by atoms with E-state index in [-0.39, 0.29) is 6.04 Å². The van der Waals surface area contributed by atoms with Crippen LogP contribution in [0.15, 0.2) is 34.9 Å². The van der Waals surface area contributed by atoms with Crippen LogP contribution in [0.2, 0.25) is 5.15 Å². The number of hydrogen-bond acceptors (Lipinski definition) is 3. The molecule has 0 aliphatic heterocycles. The Balaban J connectivity index is 2.10. The first-order chi connectivity index (χ1) is 7.65. The van der Waals surface area contributed by atoms with Gasteiger partial charge in [-0.1, -0.05) is 11.6 Å². The molecule has 0 bridgehead atoms. The van der Waals surface area contributed by atoms with Crippen molar-refractivity contribution in [3.8, 4) is 0 Å². The highest BCUT2D eigenvalue weighted by atomic mass is 35.5. The fraction of sp³-hybridized carbons (Fsp3) is 0.250. The van der Waals surface area contributed by atoms with Gasteiger partial charge in [-0.05, 0) is 38.1 Å². The van der Waals surface area contributed by atoms with Gasteiger partial charge in [0.2, 0.25) is 0 Å². The van der Waals surface area contributed by atoms with Crippen molar-refractivity contribution in [2.45, 2.75) is 19.9 Å². The number of rotatable bonds is 3. The Kier molecular flexibility index (Phi) is 3.15. The maximum atomic E-state index is 5.80. The molecule has 0 spiro atoms. The molecule has 2 rings (SSSR count). The summed E-state index contributed by atoms with van der Waals surface area (Å²) in [6.45, 7) is 3.96. The minimum absolute atomic E-state index is 0.104. The molecule has 0 aliphatic carbocycles. The Bertz CT molecular complexity index is 481. The van der Waals surface area contributed by atoms with Gasteiger partial charge in [0.25, 0.3) is 0 Å². The Hall–Kier alpha value is -1.48. The lowest BCUT2D eigenvalue weighted by Crippen LogP contribution is -2.05. The van der Waals surface area contributed by atoms with Crippen LogP contribution in [-0.2, 0) is 0 Å². The number of nitrogens with zero attached hydrogens (tertiary/aromatic N) is 1. The summed E-state index contributed by atoms with van der Waals surface area (Å²) in [5.74, 6) is 1.82. The summed E-state index contributed by atoms with van der Waals surface area (Å²) < 4.78 is 5.54. The smallest absolute Gasteiger partial charge is 0.131 e. The molecular formula is C12H13ClN2O. The van der Waals surface area contributed by atoms with Crippen molar-refractivity contribution in [1.82, 2.24) is 4.98 Å². The molecular weight excluding hydrogens is 224 g/mol. The molecule has 1 unspecified atom stereocenters. The fourth-order valence-electron chi connectivity index (χ4n) is 1.50. The van der Waals surface area contributed by atoms with E-state index in [1.165, 1.54) is 0 Å². The fourth-order valence-corrected chi connectivity index (χ4v) is 1.67. The summed E-state index contributed by atoms with van der Waals surface area (Å²) in [7, 11) is 0. The summed E-state index contributed by atoms with van der Waals surface area (Å²) in [6, 6.07) is 7.68. The van der Waals surface area contributed by atoms with E-state index in [0.717, 1.165) is 17.2 Å². The van der Waals surface area contributed by atoms with Crippen LogP contribution in [0.5, 0.6) is 0 Å². The number of aromatic nitrogens is 1. The lowest BCUT2D eigenvalue weighted by Gasteiger charge is -2.12. The Labute approximate surface area is 99.5 Å². The maximum Gasteiger partial charge on any atom is 0.131 e. The van der Waals surface area contributed by atoms with Crippen LogP contribution >= 0.6 is 11.6 Å². The number of anilines is 1. The van der Waals surface area contributed by atoms with Gasteiger partial charge in [0.15, 0.2) is 0 Å². The van der Waals surface area contributed by atoms with Crippen molar-refractivity contribution in [1.29, 1.82) is 0 Å². The molecule has 0 aliphatic rings. The molecule has 0 saturated carbocycles. The normalized spacial score (nSPS) is 12.4. The number of pyridine rings is 1. The van der Waals surface area contributed by atoms with Gasteiger partial charge in [0.05, 0.1) is 6.04 Å². The van der Waals surface area contributed by atoms with Gasteiger partial charge in [-0.2, -0.15) is 0 Å². The lowest BCUT2D eigenvalue weighted by molar-refractivity contribution is 0.467. The third kappa shape index (κ3) is 2.55. The topological polar surface area (TPSA) is 38.1 Å². The SMILES string of the molecule is Cc1ccc(C(C)Nc2ccnc(Cl)c2)o1. The van der Waals surface area contributed by atoms with E-state index >= 15 is 0 Å². The molecule has 84 valence electrons.